The smallest absolute Gasteiger partial charge is 0.0693 e. The minimum atomic E-state index is -0.104. The van der Waals surface area contributed by atoms with Gasteiger partial charge in [0.2, 0.25) is 0 Å². The summed E-state index contributed by atoms with van der Waals surface area (Å²) in [5.41, 5.74) is 0. The van der Waals surface area contributed by atoms with E-state index < -0.39 is 0 Å². The molecule has 2 nitrogen and oxygen atoms in total. The Hall–Kier alpha value is -0.0800. The van der Waals surface area contributed by atoms with Gasteiger partial charge in [-0.1, -0.05) is 27.2 Å². The SMILES string of the molecule is CCCC(C)C(CC)NC1CCCC1O. The van der Waals surface area contributed by atoms with Gasteiger partial charge in [0, 0.05) is 12.1 Å². The number of nitrogens with one attached hydrogen (secondary N) is 1. The first-order valence-corrected chi connectivity index (χ1v) is 6.63. The summed E-state index contributed by atoms with van der Waals surface area (Å²) in [6, 6.07) is 0.942. The van der Waals surface area contributed by atoms with Crippen LogP contribution in [0.5, 0.6) is 0 Å². The topological polar surface area (TPSA) is 32.3 Å². The second kappa shape index (κ2) is 6.49. The summed E-state index contributed by atoms with van der Waals surface area (Å²) in [6.07, 6.45) is 6.92. The minimum Gasteiger partial charge on any atom is -0.392 e. The van der Waals surface area contributed by atoms with Crippen molar-refractivity contribution in [3.8, 4) is 0 Å². The third-order valence-electron chi connectivity index (χ3n) is 3.78. The number of hydrogen-bond donors (Lipinski definition) is 2. The van der Waals surface area contributed by atoms with Crippen molar-refractivity contribution in [2.24, 2.45) is 5.92 Å². The van der Waals surface area contributed by atoms with Crippen LogP contribution < -0.4 is 5.32 Å². The van der Waals surface area contributed by atoms with Crippen molar-refractivity contribution in [1.29, 1.82) is 0 Å². The van der Waals surface area contributed by atoms with Gasteiger partial charge in [-0.15, -0.1) is 0 Å². The van der Waals surface area contributed by atoms with Crippen molar-refractivity contribution >= 4 is 0 Å². The Bertz CT molecular complexity index is 172. The lowest BCUT2D eigenvalue weighted by Crippen LogP contribution is -2.45. The van der Waals surface area contributed by atoms with Crippen LogP contribution in [0.15, 0.2) is 0 Å². The Morgan fingerprint density at radius 1 is 1.33 bits per heavy atom. The normalized spacial score (nSPS) is 30.4. The second-order valence-electron chi connectivity index (χ2n) is 5.05. The highest BCUT2D eigenvalue weighted by molar-refractivity contribution is 4.86. The first kappa shape index (κ1) is 13.0. The van der Waals surface area contributed by atoms with Gasteiger partial charge >= 0.3 is 0 Å². The first-order valence-electron chi connectivity index (χ1n) is 6.63. The zero-order valence-electron chi connectivity index (χ0n) is 10.5. The maximum atomic E-state index is 9.78. The number of hydrogen-bond acceptors (Lipinski definition) is 2. The molecule has 15 heavy (non-hydrogen) atoms. The third kappa shape index (κ3) is 3.76. The van der Waals surface area contributed by atoms with Crippen LogP contribution in [-0.4, -0.2) is 23.3 Å². The molecule has 2 heteroatoms. The average molecular weight is 213 g/mol. The zero-order chi connectivity index (χ0) is 11.3. The molecule has 1 aliphatic rings. The largest absolute Gasteiger partial charge is 0.392 e. The maximum absolute atomic E-state index is 9.78. The van der Waals surface area contributed by atoms with Crippen molar-refractivity contribution in [3.63, 3.8) is 0 Å². The van der Waals surface area contributed by atoms with Gasteiger partial charge in [0.05, 0.1) is 6.10 Å². The van der Waals surface area contributed by atoms with E-state index in [0.717, 1.165) is 18.8 Å². The average Bonchev–Trinajstić information content (AvgIpc) is 2.61. The minimum absolute atomic E-state index is 0.104. The van der Waals surface area contributed by atoms with Crippen molar-refractivity contribution in [2.75, 3.05) is 0 Å². The monoisotopic (exact) mass is 213 g/mol. The predicted molar refractivity (Wildman–Crippen MR) is 64.9 cm³/mol. The summed E-state index contributed by atoms with van der Waals surface area (Å²) in [6.45, 7) is 6.81. The molecule has 0 heterocycles. The molecular formula is C13H27NO. The highest BCUT2D eigenvalue weighted by atomic mass is 16.3. The van der Waals surface area contributed by atoms with Crippen molar-refractivity contribution in [2.45, 2.75) is 77.5 Å². The van der Waals surface area contributed by atoms with E-state index in [9.17, 15) is 5.11 Å². The van der Waals surface area contributed by atoms with E-state index in [1.165, 1.54) is 25.7 Å². The van der Waals surface area contributed by atoms with Crippen molar-refractivity contribution in [1.82, 2.24) is 5.32 Å². The predicted octanol–water partition coefficient (Wildman–Crippen LogP) is 2.70. The van der Waals surface area contributed by atoms with Gasteiger partial charge in [0.1, 0.15) is 0 Å². The fourth-order valence-corrected chi connectivity index (χ4v) is 2.75. The first-order chi connectivity index (χ1) is 7.19. The Labute approximate surface area is 94.5 Å². The van der Waals surface area contributed by atoms with Gasteiger partial charge < -0.3 is 10.4 Å². The lowest BCUT2D eigenvalue weighted by molar-refractivity contribution is 0.135. The molecule has 4 atom stereocenters. The van der Waals surface area contributed by atoms with E-state index >= 15 is 0 Å². The molecule has 90 valence electrons. The van der Waals surface area contributed by atoms with Gasteiger partial charge in [-0.2, -0.15) is 0 Å². The van der Waals surface area contributed by atoms with Crippen LogP contribution in [0.2, 0.25) is 0 Å². The molecule has 4 unspecified atom stereocenters. The van der Waals surface area contributed by atoms with E-state index in [2.05, 4.69) is 26.1 Å². The van der Waals surface area contributed by atoms with Crippen LogP contribution in [0, 0.1) is 5.92 Å². The lowest BCUT2D eigenvalue weighted by atomic mass is 9.94. The molecule has 1 aliphatic carbocycles. The Morgan fingerprint density at radius 2 is 2.07 bits per heavy atom. The van der Waals surface area contributed by atoms with E-state index in [1.54, 1.807) is 0 Å². The molecule has 0 amide bonds. The lowest BCUT2D eigenvalue weighted by Gasteiger charge is -2.28. The van der Waals surface area contributed by atoms with Gasteiger partial charge in [0.15, 0.2) is 0 Å². The van der Waals surface area contributed by atoms with Crippen molar-refractivity contribution in [3.05, 3.63) is 0 Å². The van der Waals surface area contributed by atoms with Crippen LogP contribution in [0.25, 0.3) is 0 Å². The molecule has 0 aromatic rings. The van der Waals surface area contributed by atoms with Gasteiger partial charge in [0.25, 0.3) is 0 Å². The van der Waals surface area contributed by atoms with E-state index in [4.69, 9.17) is 0 Å². The molecular weight excluding hydrogens is 186 g/mol. The van der Waals surface area contributed by atoms with Crippen LogP contribution in [0.4, 0.5) is 0 Å². The molecule has 0 aromatic carbocycles. The molecule has 0 bridgehead atoms. The fourth-order valence-electron chi connectivity index (χ4n) is 2.75. The molecule has 0 saturated heterocycles. The third-order valence-corrected chi connectivity index (χ3v) is 3.78. The molecule has 1 rings (SSSR count). The summed E-state index contributed by atoms with van der Waals surface area (Å²) < 4.78 is 0. The van der Waals surface area contributed by atoms with E-state index in [0.29, 0.717) is 12.1 Å². The van der Waals surface area contributed by atoms with Crippen LogP contribution in [-0.2, 0) is 0 Å². The molecule has 0 aliphatic heterocycles. The number of aliphatic hydroxyl groups is 1. The summed E-state index contributed by atoms with van der Waals surface area (Å²) in [5.74, 6) is 0.729. The maximum Gasteiger partial charge on any atom is 0.0693 e. The molecule has 0 radical (unpaired) electrons. The summed E-state index contributed by atoms with van der Waals surface area (Å²) in [5, 5.41) is 13.4. The Balaban J connectivity index is 2.38. The van der Waals surface area contributed by atoms with E-state index in [1.807, 2.05) is 0 Å². The molecule has 0 spiro atoms. The number of aliphatic hydroxyl groups excluding tert-OH is 1. The molecule has 1 saturated carbocycles. The Morgan fingerprint density at radius 3 is 2.53 bits per heavy atom. The zero-order valence-corrected chi connectivity index (χ0v) is 10.5. The van der Waals surface area contributed by atoms with Gasteiger partial charge in [-0.25, -0.2) is 0 Å². The summed E-state index contributed by atoms with van der Waals surface area (Å²) >= 11 is 0. The van der Waals surface area contributed by atoms with Crippen LogP contribution >= 0.6 is 0 Å². The fraction of sp³-hybridized carbons (Fsp3) is 1.00. The second-order valence-corrected chi connectivity index (χ2v) is 5.05. The Kier molecular flexibility index (Phi) is 5.62. The number of rotatable bonds is 6. The summed E-state index contributed by atoms with van der Waals surface area (Å²) in [7, 11) is 0. The van der Waals surface area contributed by atoms with Gasteiger partial charge in [-0.3, -0.25) is 0 Å². The van der Waals surface area contributed by atoms with Gasteiger partial charge in [-0.05, 0) is 38.0 Å². The quantitative estimate of drug-likeness (QED) is 0.711. The molecule has 0 aromatic heterocycles. The highest BCUT2D eigenvalue weighted by Gasteiger charge is 2.28. The van der Waals surface area contributed by atoms with Crippen LogP contribution in [0.3, 0.4) is 0 Å². The molecule has 2 N–H and O–H groups in total. The van der Waals surface area contributed by atoms with E-state index in [-0.39, 0.29) is 6.10 Å². The highest BCUT2D eigenvalue weighted by Crippen LogP contribution is 2.22. The van der Waals surface area contributed by atoms with Crippen LogP contribution in [0.1, 0.15) is 59.3 Å². The summed E-state index contributed by atoms with van der Waals surface area (Å²) in [4.78, 5) is 0. The molecule has 1 fully saturated rings. The van der Waals surface area contributed by atoms with Crippen molar-refractivity contribution < 1.29 is 5.11 Å². The standard InChI is InChI=1S/C13H27NO/c1-4-7-10(3)11(5-2)14-12-8-6-9-13(12)15/h10-15H,4-9H2,1-3H3.